The summed E-state index contributed by atoms with van der Waals surface area (Å²) in [4.78, 5) is 24.9. The van der Waals surface area contributed by atoms with E-state index in [2.05, 4.69) is 26.6 Å². The van der Waals surface area contributed by atoms with Crippen molar-refractivity contribution in [3.63, 3.8) is 0 Å². The van der Waals surface area contributed by atoms with Gasteiger partial charge in [0.15, 0.2) is 5.11 Å². The predicted molar refractivity (Wildman–Crippen MR) is 105 cm³/mol. The lowest BCUT2D eigenvalue weighted by Crippen LogP contribution is -2.34. The van der Waals surface area contributed by atoms with Crippen LogP contribution in [-0.4, -0.2) is 16.9 Å². The van der Waals surface area contributed by atoms with Gasteiger partial charge in [0.1, 0.15) is 5.00 Å². The van der Waals surface area contributed by atoms with Gasteiger partial charge in [-0.25, -0.2) is 0 Å². The van der Waals surface area contributed by atoms with Crippen LogP contribution in [0.25, 0.3) is 0 Å². The number of primary amides is 1. The molecular weight excluding hydrogens is 410 g/mol. The molecule has 0 aliphatic heterocycles. The predicted octanol–water partition coefficient (Wildman–Crippen LogP) is 3.61. The Morgan fingerprint density at radius 3 is 2.46 bits per heavy atom. The third-order valence-electron chi connectivity index (χ3n) is 3.37. The Bertz CT molecular complexity index is 800. The maximum Gasteiger partial charge on any atom is 0.257 e. The molecular formula is C16H16BrN3O2S2. The maximum atomic E-state index is 12.2. The van der Waals surface area contributed by atoms with E-state index < -0.39 is 5.91 Å². The minimum atomic E-state index is -0.513. The molecule has 0 atom stereocenters. The number of amides is 2. The SMILES string of the molecule is CCc1c(C)sc(NC(=S)NC(=O)c2ccc(Br)cc2)c1C(N)=O. The molecule has 0 bridgehead atoms. The third kappa shape index (κ3) is 4.19. The fourth-order valence-electron chi connectivity index (χ4n) is 2.26. The largest absolute Gasteiger partial charge is 0.365 e. The molecule has 1 aromatic heterocycles. The van der Waals surface area contributed by atoms with Crippen LogP contribution in [0.2, 0.25) is 0 Å². The van der Waals surface area contributed by atoms with Crippen LogP contribution in [0.5, 0.6) is 0 Å². The number of nitrogens with one attached hydrogen (secondary N) is 2. The van der Waals surface area contributed by atoms with Gasteiger partial charge >= 0.3 is 0 Å². The third-order valence-corrected chi connectivity index (χ3v) is 5.17. The highest BCUT2D eigenvalue weighted by Gasteiger charge is 2.20. The van der Waals surface area contributed by atoms with Crippen LogP contribution in [0.4, 0.5) is 5.00 Å². The van der Waals surface area contributed by atoms with Crippen molar-refractivity contribution in [3.8, 4) is 0 Å². The zero-order valence-corrected chi connectivity index (χ0v) is 16.3. The topological polar surface area (TPSA) is 84.2 Å². The number of nitrogens with two attached hydrogens (primary N) is 1. The molecule has 126 valence electrons. The summed E-state index contributed by atoms with van der Waals surface area (Å²) in [6.07, 6.45) is 0.695. The van der Waals surface area contributed by atoms with Crippen LogP contribution in [0.1, 0.15) is 38.1 Å². The number of thiocarbonyl (C=S) groups is 1. The smallest absolute Gasteiger partial charge is 0.257 e. The van der Waals surface area contributed by atoms with Gasteiger partial charge in [0.2, 0.25) is 0 Å². The number of carbonyl (C=O) groups excluding carboxylic acids is 2. The lowest BCUT2D eigenvalue weighted by molar-refractivity contribution is 0.0975. The second-order valence-electron chi connectivity index (χ2n) is 4.97. The number of halogens is 1. The maximum absolute atomic E-state index is 12.2. The molecule has 0 unspecified atom stereocenters. The first-order valence-corrected chi connectivity index (χ1v) is 9.15. The molecule has 4 N–H and O–H groups in total. The van der Waals surface area contributed by atoms with Crippen molar-refractivity contribution in [2.75, 3.05) is 5.32 Å². The van der Waals surface area contributed by atoms with Gasteiger partial charge in [0, 0.05) is 14.9 Å². The Balaban J connectivity index is 2.14. The molecule has 1 heterocycles. The fraction of sp³-hybridized carbons (Fsp3) is 0.188. The molecule has 0 aliphatic carbocycles. The summed E-state index contributed by atoms with van der Waals surface area (Å²) in [6.45, 7) is 3.88. The number of anilines is 1. The van der Waals surface area contributed by atoms with E-state index in [-0.39, 0.29) is 11.0 Å². The van der Waals surface area contributed by atoms with Crippen LogP contribution < -0.4 is 16.4 Å². The molecule has 2 rings (SSSR count). The van der Waals surface area contributed by atoms with E-state index in [1.54, 1.807) is 24.3 Å². The summed E-state index contributed by atoms with van der Waals surface area (Å²) in [6, 6.07) is 6.90. The molecule has 5 nitrogen and oxygen atoms in total. The highest BCUT2D eigenvalue weighted by atomic mass is 79.9. The number of thiophene rings is 1. The van der Waals surface area contributed by atoms with Crippen LogP contribution >= 0.6 is 39.5 Å². The second-order valence-corrected chi connectivity index (χ2v) is 7.52. The van der Waals surface area contributed by atoms with Gasteiger partial charge in [-0.2, -0.15) is 0 Å². The van der Waals surface area contributed by atoms with Gasteiger partial charge in [-0.3, -0.25) is 14.9 Å². The molecule has 8 heteroatoms. The number of aryl methyl sites for hydroxylation is 1. The minimum Gasteiger partial charge on any atom is -0.365 e. The lowest BCUT2D eigenvalue weighted by atomic mass is 10.1. The molecule has 0 spiro atoms. The van der Waals surface area contributed by atoms with Gasteiger partial charge in [-0.05, 0) is 55.4 Å². The van der Waals surface area contributed by atoms with Crippen LogP contribution in [-0.2, 0) is 6.42 Å². The molecule has 0 aliphatic rings. The summed E-state index contributed by atoms with van der Waals surface area (Å²) in [5.74, 6) is -0.842. The molecule has 24 heavy (non-hydrogen) atoms. The average molecular weight is 426 g/mol. The summed E-state index contributed by atoms with van der Waals surface area (Å²) in [7, 11) is 0. The van der Waals surface area contributed by atoms with Crippen LogP contribution in [0.3, 0.4) is 0 Å². The number of hydrogen-bond acceptors (Lipinski definition) is 4. The molecule has 2 aromatic rings. The Morgan fingerprint density at radius 2 is 1.92 bits per heavy atom. The summed E-state index contributed by atoms with van der Waals surface area (Å²) < 4.78 is 0.881. The minimum absolute atomic E-state index is 0.120. The first kappa shape index (κ1) is 18.6. The van der Waals surface area contributed by atoms with Crippen molar-refractivity contribution in [2.45, 2.75) is 20.3 Å². The highest BCUT2D eigenvalue weighted by Crippen LogP contribution is 2.33. The molecule has 0 saturated heterocycles. The molecule has 0 fully saturated rings. The number of carbonyl (C=O) groups is 2. The van der Waals surface area contributed by atoms with E-state index in [1.165, 1.54) is 11.3 Å². The molecule has 0 saturated carbocycles. The van der Waals surface area contributed by atoms with Gasteiger partial charge in [-0.1, -0.05) is 22.9 Å². The van der Waals surface area contributed by atoms with Gasteiger partial charge in [-0.15, -0.1) is 11.3 Å². The van der Waals surface area contributed by atoms with Gasteiger partial charge < -0.3 is 11.1 Å². The van der Waals surface area contributed by atoms with Crippen molar-refractivity contribution in [2.24, 2.45) is 5.73 Å². The number of hydrogen-bond donors (Lipinski definition) is 3. The van der Waals surface area contributed by atoms with E-state index in [0.29, 0.717) is 22.5 Å². The van der Waals surface area contributed by atoms with Gasteiger partial charge in [0.25, 0.3) is 11.8 Å². The zero-order chi connectivity index (χ0) is 17.9. The first-order valence-electron chi connectivity index (χ1n) is 7.13. The Morgan fingerprint density at radius 1 is 1.29 bits per heavy atom. The molecule has 1 aromatic carbocycles. The number of rotatable bonds is 4. The van der Waals surface area contributed by atoms with Crippen molar-refractivity contribution in [1.29, 1.82) is 0 Å². The van der Waals surface area contributed by atoms with Crippen molar-refractivity contribution in [1.82, 2.24) is 5.32 Å². The van der Waals surface area contributed by atoms with Crippen molar-refractivity contribution in [3.05, 3.63) is 50.3 Å². The zero-order valence-electron chi connectivity index (χ0n) is 13.1. The Labute approximate surface area is 157 Å². The number of benzene rings is 1. The van der Waals surface area contributed by atoms with E-state index in [4.69, 9.17) is 18.0 Å². The van der Waals surface area contributed by atoms with Crippen molar-refractivity contribution < 1.29 is 9.59 Å². The summed E-state index contributed by atoms with van der Waals surface area (Å²) in [5.41, 5.74) is 7.29. The fourth-order valence-corrected chi connectivity index (χ4v) is 3.94. The Hall–Kier alpha value is -1.77. The van der Waals surface area contributed by atoms with Crippen LogP contribution in [0.15, 0.2) is 28.7 Å². The normalized spacial score (nSPS) is 10.3. The second kappa shape index (κ2) is 7.87. The first-order chi connectivity index (χ1) is 11.3. The van der Waals surface area contributed by atoms with E-state index in [9.17, 15) is 9.59 Å². The summed E-state index contributed by atoms with van der Waals surface area (Å²) in [5, 5.41) is 6.18. The summed E-state index contributed by atoms with van der Waals surface area (Å²) >= 11 is 9.88. The van der Waals surface area contributed by atoms with E-state index in [0.717, 1.165) is 14.9 Å². The van der Waals surface area contributed by atoms with Gasteiger partial charge in [0.05, 0.1) is 5.56 Å². The standard InChI is InChI=1S/C16H16BrN3O2S2/c1-3-11-8(2)24-15(12(11)13(18)21)20-16(23)19-14(22)9-4-6-10(17)7-5-9/h4-7H,3H2,1-2H3,(H2,18,21)(H2,19,20,22,23). The Kier molecular flexibility index (Phi) is 6.09. The van der Waals surface area contributed by atoms with E-state index >= 15 is 0 Å². The molecule has 2 amide bonds. The quantitative estimate of drug-likeness (QED) is 0.653. The van der Waals surface area contributed by atoms with Crippen LogP contribution in [0, 0.1) is 6.92 Å². The lowest BCUT2D eigenvalue weighted by Gasteiger charge is -2.09. The van der Waals surface area contributed by atoms with Crippen molar-refractivity contribution >= 4 is 61.4 Å². The average Bonchev–Trinajstić information content (AvgIpc) is 2.82. The highest BCUT2D eigenvalue weighted by molar-refractivity contribution is 9.10. The monoisotopic (exact) mass is 425 g/mol. The van der Waals surface area contributed by atoms with E-state index in [1.807, 2.05) is 13.8 Å². The molecule has 0 radical (unpaired) electrons.